The van der Waals surface area contributed by atoms with Crippen molar-refractivity contribution < 1.29 is 0 Å². The number of rotatable bonds is 5. The number of pyridine rings is 1. The average Bonchev–Trinajstić information content (AvgIpc) is 2.39. The van der Waals surface area contributed by atoms with Crippen LogP contribution in [0.3, 0.4) is 0 Å². The average molecular weight is 263 g/mol. The van der Waals surface area contributed by atoms with E-state index in [1.54, 1.807) is 7.05 Å². The van der Waals surface area contributed by atoms with Crippen molar-refractivity contribution >= 4 is 11.8 Å². The number of hydrogen-bond donors (Lipinski definition) is 2. The highest BCUT2D eigenvalue weighted by molar-refractivity contribution is 5.79. The number of anilines is 1. The van der Waals surface area contributed by atoms with Crippen molar-refractivity contribution in [3.8, 4) is 0 Å². The van der Waals surface area contributed by atoms with Crippen LogP contribution in [0.1, 0.15) is 19.4 Å². The minimum atomic E-state index is 0.597. The molecule has 0 bridgehead atoms. The van der Waals surface area contributed by atoms with Crippen molar-refractivity contribution in [2.45, 2.75) is 20.4 Å². The molecule has 0 saturated carbocycles. The predicted octanol–water partition coefficient (Wildman–Crippen LogP) is 1.47. The molecule has 0 aliphatic heterocycles. The summed E-state index contributed by atoms with van der Waals surface area (Å²) in [6.07, 6.45) is 1.83. The van der Waals surface area contributed by atoms with Gasteiger partial charge in [-0.15, -0.1) is 0 Å². The Morgan fingerprint density at radius 1 is 1.37 bits per heavy atom. The van der Waals surface area contributed by atoms with Crippen LogP contribution in [0.15, 0.2) is 23.3 Å². The lowest BCUT2D eigenvalue weighted by molar-refractivity contribution is 0.614. The van der Waals surface area contributed by atoms with Crippen LogP contribution in [0.2, 0.25) is 0 Å². The van der Waals surface area contributed by atoms with Crippen LogP contribution in [-0.2, 0) is 6.54 Å². The molecule has 0 fully saturated rings. The summed E-state index contributed by atoms with van der Waals surface area (Å²) >= 11 is 0. The summed E-state index contributed by atoms with van der Waals surface area (Å²) in [6.45, 7) is 6.00. The van der Waals surface area contributed by atoms with E-state index in [1.807, 2.05) is 31.3 Å². The quantitative estimate of drug-likeness (QED) is 0.624. The van der Waals surface area contributed by atoms with Crippen molar-refractivity contribution in [3.05, 3.63) is 23.9 Å². The molecule has 2 N–H and O–H groups in total. The molecule has 0 atom stereocenters. The Morgan fingerprint density at radius 3 is 2.68 bits per heavy atom. The summed E-state index contributed by atoms with van der Waals surface area (Å²) in [5.41, 5.74) is 1.19. The standard InChI is InChI=1S/C14H25N5/c1-11(2)9-17-14(15-3)18-10-12-6-7-16-13(8-12)19(4)5/h6-8,11H,9-10H2,1-5H3,(H2,15,17,18). The first-order chi connectivity index (χ1) is 9.02. The van der Waals surface area contributed by atoms with Crippen LogP contribution in [0.5, 0.6) is 0 Å². The summed E-state index contributed by atoms with van der Waals surface area (Å²) in [6, 6.07) is 4.08. The minimum absolute atomic E-state index is 0.597. The van der Waals surface area contributed by atoms with Crippen LogP contribution in [0.4, 0.5) is 5.82 Å². The monoisotopic (exact) mass is 263 g/mol. The van der Waals surface area contributed by atoms with Gasteiger partial charge in [0.1, 0.15) is 5.82 Å². The van der Waals surface area contributed by atoms with E-state index in [1.165, 1.54) is 5.56 Å². The second kappa shape index (κ2) is 7.61. The number of guanidine groups is 1. The maximum Gasteiger partial charge on any atom is 0.191 e. The van der Waals surface area contributed by atoms with Gasteiger partial charge in [-0.1, -0.05) is 13.8 Å². The summed E-state index contributed by atoms with van der Waals surface area (Å²) in [5, 5.41) is 6.59. The summed E-state index contributed by atoms with van der Waals surface area (Å²) < 4.78 is 0. The molecule has 0 aliphatic rings. The fourth-order valence-corrected chi connectivity index (χ4v) is 1.52. The molecule has 0 amide bonds. The molecule has 1 heterocycles. The molecule has 0 saturated heterocycles. The molecular weight excluding hydrogens is 238 g/mol. The van der Waals surface area contributed by atoms with E-state index >= 15 is 0 Å². The van der Waals surface area contributed by atoms with Crippen LogP contribution >= 0.6 is 0 Å². The largest absolute Gasteiger partial charge is 0.363 e. The van der Waals surface area contributed by atoms with Crippen molar-refractivity contribution in [2.24, 2.45) is 10.9 Å². The molecule has 19 heavy (non-hydrogen) atoms. The van der Waals surface area contributed by atoms with E-state index in [9.17, 15) is 0 Å². The molecule has 0 unspecified atom stereocenters. The fraction of sp³-hybridized carbons (Fsp3) is 0.571. The number of aromatic nitrogens is 1. The van der Waals surface area contributed by atoms with Gasteiger partial charge in [-0.05, 0) is 23.6 Å². The smallest absolute Gasteiger partial charge is 0.191 e. The van der Waals surface area contributed by atoms with Crippen molar-refractivity contribution in [1.29, 1.82) is 0 Å². The SMILES string of the molecule is CN=C(NCc1ccnc(N(C)C)c1)NCC(C)C. The molecule has 1 aromatic rings. The van der Waals surface area contributed by atoms with Crippen LogP contribution in [0.25, 0.3) is 0 Å². The van der Waals surface area contributed by atoms with E-state index < -0.39 is 0 Å². The van der Waals surface area contributed by atoms with Crippen LogP contribution in [0, 0.1) is 5.92 Å². The van der Waals surface area contributed by atoms with Crippen molar-refractivity contribution in [1.82, 2.24) is 15.6 Å². The van der Waals surface area contributed by atoms with Crippen LogP contribution < -0.4 is 15.5 Å². The van der Waals surface area contributed by atoms with Gasteiger partial charge in [0, 0.05) is 40.4 Å². The Labute approximate surface area is 116 Å². The molecule has 106 valence electrons. The third kappa shape index (κ3) is 5.59. The van der Waals surface area contributed by atoms with E-state index in [-0.39, 0.29) is 0 Å². The highest BCUT2D eigenvalue weighted by atomic mass is 15.2. The van der Waals surface area contributed by atoms with Crippen molar-refractivity contribution in [3.63, 3.8) is 0 Å². The van der Waals surface area contributed by atoms with E-state index in [2.05, 4.69) is 40.5 Å². The third-order valence-corrected chi connectivity index (χ3v) is 2.63. The zero-order chi connectivity index (χ0) is 14.3. The maximum absolute atomic E-state index is 4.30. The van der Waals surface area contributed by atoms with Gasteiger partial charge in [0.25, 0.3) is 0 Å². The number of aliphatic imine (C=N–C) groups is 1. The molecule has 1 rings (SSSR count). The normalized spacial score (nSPS) is 11.6. The first-order valence-electron chi connectivity index (χ1n) is 6.59. The van der Waals surface area contributed by atoms with Crippen LogP contribution in [-0.4, -0.2) is 38.6 Å². The Balaban J connectivity index is 2.53. The summed E-state index contributed by atoms with van der Waals surface area (Å²) in [7, 11) is 5.76. The zero-order valence-corrected chi connectivity index (χ0v) is 12.6. The van der Waals surface area contributed by atoms with Gasteiger partial charge in [0.2, 0.25) is 0 Å². The number of nitrogens with one attached hydrogen (secondary N) is 2. The zero-order valence-electron chi connectivity index (χ0n) is 12.6. The topological polar surface area (TPSA) is 52.6 Å². The molecule has 5 nitrogen and oxygen atoms in total. The third-order valence-electron chi connectivity index (χ3n) is 2.63. The van der Waals surface area contributed by atoms with Gasteiger partial charge in [-0.2, -0.15) is 0 Å². The summed E-state index contributed by atoms with van der Waals surface area (Å²) in [4.78, 5) is 10.5. The van der Waals surface area contributed by atoms with Gasteiger partial charge < -0.3 is 15.5 Å². The molecule has 0 spiro atoms. The lowest BCUT2D eigenvalue weighted by Crippen LogP contribution is -2.38. The Hall–Kier alpha value is -1.78. The van der Waals surface area contributed by atoms with Crippen molar-refractivity contribution in [2.75, 3.05) is 32.6 Å². The summed E-state index contributed by atoms with van der Waals surface area (Å²) in [5.74, 6) is 2.39. The first-order valence-corrected chi connectivity index (χ1v) is 6.59. The molecule has 0 aliphatic carbocycles. The predicted molar refractivity (Wildman–Crippen MR) is 81.6 cm³/mol. The van der Waals surface area contributed by atoms with E-state index in [4.69, 9.17) is 0 Å². The highest BCUT2D eigenvalue weighted by Crippen LogP contribution is 2.08. The highest BCUT2D eigenvalue weighted by Gasteiger charge is 2.02. The fourth-order valence-electron chi connectivity index (χ4n) is 1.52. The van der Waals surface area contributed by atoms with Gasteiger partial charge in [-0.3, -0.25) is 4.99 Å². The second-order valence-corrected chi connectivity index (χ2v) is 5.12. The Kier molecular flexibility index (Phi) is 6.12. The second-order valence-electron chi connectivity index (χ2n) is 5.12. The van der Waals surface area contributed by atoms with Gasteiger partial charge in [-0.25, -0.2) is 4.98 Å². The number of nitrogens with zero attached hydrogens (tertiary/aromatic N) is 3. The van der Waals surface area contributed by atoms with E-state index in [0.717, 1.165) is 24.9 Å². The molecule has 1 aromatic heterocycles. The molecule has 0 aromatic carbocycles. The van der Waals surface area contributed by atoms with Gasteiger partial charge in [0.05, 0.1) is 0 Å². The van der Waals surface area contributed by atoms with E-state index in [0.29, 0.717) is 5.92 Å². The molecule has 0 radical (unpaired) electrons. The number of hydrogen-bond acceptors (Lipinski definition) is 3. The minimum Gasteiger partial charge on any atom is -0.363 e. The first kappa shape index (κ1) is 15.3. The van der Waals surface area contributed by atoms with Gasteiger partial charge in [0.15, 0.2) is 5.96 Å². The maximum atomic E-state index is 4.30. The Morgan fingerprint density at radius 2 is 2.11 bits per heavy atom. The lowest BCUT2D eigenvalue weighted by atomic mass is 10.2. The lowest BCUT2D eigenvalue weighted by Gasteiger charge is -2.15. The molecular formula is C14H25N5. The van der Waals surface area contributed by atoms with Gasteiger partial charge >= 0.3 is 0 Å². The molecule has 5 heteroatoms. The Bertz CT molecular complexity index is 412.